The smallest absolute Gasteiger partial charge is 0.383 e. The molecular weight excluding hydrogens is 355 g/mol. The van der Waals surface area contributed by atoms with Gasteiger partial charge in [-0.3, -0.25) is 4.79 Å². The molecule has 1 aromatic heterocycles. The summed E-state index contributed by atoms with van der Waals surface area (Å²) in [4.78, 5) is 15.4. The molecule has 5 nitrogen and oxygen atoms in total. The number of carbonyl (C=O) groups is 1. The van der Waals surface area contributed by atoms with E-state index in [2.05, 4.69) is 31.5 Å². The predicted molar refractivity (Wildman–Crippen MR) is 74.9 cm³/mol. The lowest BCUT2D eigenvalue weighted by molar-refractivity contribution is -0.137. The number of carbonyl (C=O) groups excluding carboxylic acids is 1. The van der Waals surface area contributed by atoms with Crippen LogP contribution in [0.25, 0.3) is 0 Å². The Kier molecular flexibility index (Phi) is 6.41. The number of nitrogens with zero attached hydrogens (tertiary/aromatic N) is 1. The van der Waals surface area contributed by atoms with Gasteiger partial charge in [0, 0.05) is 24.3 Å². The second kappa shape index (κ2) is 7.60. The van der Waals surface area contributed by atoms with Gasteiger partial charge in [-0.05, 0) is 28.9 Å². The van der Waals surface area contributed by atoms with Crippen LogP contribution in [0.4, 0.5) is 19.0 Å². The summed E-state index contributed by atoms with van der Waals surface area (Å²) < 4.78 is 43.7. The quantitative estimate of drug-likeness (QED) is 0.756. The summed E-state index contributed by atoms with van der Waals surface area (Å²) in [7, 11) is 1.48. The van der Waals surface area contributed by atoms with Crippen LogP contribution < -0.4 is 10.6 Å². The maximum atomic E-state index is 12.9. The molecule has 9 heteroatoms. The Morgan fingerprint density at radius 1 is 1.52 bits per heavy atom. The van der Waals surface area contributed by atoms with E-state index in [0.717, 1.165) is 6.07 Å². The highest BCUT2D eigenvalue weighted by Gasteiger charge is 2.35. The average Bonchev–Trinajstić information content (AvgIpc) is 2.39. The number of hydrogen-bond acceptors (Lipinski definition) is 4. The zero-order valence-electron chi connectivity index (χ0n) is 11.4. The zero-order chi connectivity index (χ0) is 16.0. The fourth-order valence-corrected chi connectivity index (χ4v) is 1.80. The van der Waals surface area contributed by atoms with Gasteiger partial charge < -0.3 is 15.4 Å². The minimum Gasteiger partial charge on any atom is -0.383 e. The van der Waals surface area contributed by atoms with Gasteiger partial charge in [-0.2, -0.15) is 13.2 Å². The first-order valence-corrected chi connectivity index (χ1v) is 6.81. The normalized spacial score (nSPS) is 12.9. The van der Waals surface area contributed by atoms with Crippen molar-refractivity contribution in [1.29, 1.82) is 0 Å². The molecule has 1 amide bonds. The van der Waals surface area contributed by atoms with Crippen LogP contribution >= 0.6 is 15.9 Å². The number of hydrogen-bond donors (Lipinski definition) is 2. The van der Waals surface area contributed by atoms with Gasteiger partial charge in [0.2, 0.25) is 5.91 Å². The number of amides is 1. The van der Waals surface area contributed by atoms with Crippen molar-refractivity contribution in [2.24, 2.45) is 0 Å². The van der Waals surface area contributed by atoms with E-state index in [1.54, 1.807) is 0 Å². The van der Waals surface area contributed by atoms with Crippen molar-refractivity contribution < 1.29 is 22.7 Å². The highest BCUT2D eigenvalue weighted by molar-refractivity contribution is 9.10. The Balaban J connectivity index is 2.80. The van der Waals surface area contributed by atoms with Crippen LogP contribution in [-0.4, -0.2) is 37.2 Å². The molecule has 21 heavy (non-hydrogen) atoms. The first-order chi connectivity index (χ1) is 9.75. The molecule has 0 saturated carbocycles. The van der Waals surface area contributed by atoms with Gasteiger partial charge in [0.1, 0.15) is 11.9 Å². The van der Waals surface area contributed by atoms with Crippen molar-refractivity contribution in [3.63, 3.8) is 0 Å². The fourth-order valence-electron chi connectivity index (χ4n) is 1.47. The third-order valence-corrected chi connectivity index (χ3v) is 2.95. The fraction of sp³-hybridized carbons (Fsp3) is 0.500. The molecule has 1 heterocycles. The number of anilines is 1. The Hall–Kier alpha value is -1.35. The van der Waals surface area contributed by atoms with Crippen LogP contribution in [0.15, 0.2) is 16.7 Å². The molecule has 0 radical (unpaired) electrons. The number of pyridine rings is 1. The molecule has 1 atom stereocenters. The summed E-state index contributed by atoms with van der Waals surface area (Å²) in [6, 6.07) is 0.0434. The summed E-state index contributed by atoms with van der Waals surface area (Å²) >= 11 is 2.94. The Bertz CT molecular complexity index is 497. The molecule has 2 N–H and O–H groups in total. The minimum atomic E-state index is -4.56. The Labute approximate surface area is 128 Å². The molecule has 0 aromatic carbocycles. The molecule has 0 aliphatic rings. The van der Waals surface area contributed by atoms with E-state index in [4.69, 9.17) is 4.74 Å². The molecule has 1 rings (SSSR count). The Morgan fingerprint density at radius 2 is 2.19 bits per heavy atom. The first-order valence-electron chi connectivity index (χ1n) is 6.01. The van der Waals surface area contributed by atoms with Crippen molar-refractivity contribution in [3.8, 4) is 0 Å². The molecular formula is C12H15BrF3N3O2. The van der Waals surface area contributed by atoms with Crippen LogP contribution in [0.3, 0.4) is 0 Å². The van der Waals surface area contributed by atoms with Crippen molar-refractivity contribution in [2.75, 3.05) is 25.6 Å². The monoisotopic (exact) mass is 369 g/mol. The largest absolute Gasteiger partial charge is 0.419 e. The maximum Gasteiger partial charge on any atom is 0.419 e. The molecule has 0 spiro atoms. The minimum absolute atomic E-state index is 0.206. The maximum absolute atomic E-state index is 12.9. The van der Waals surface area contributed by atoms with E-state index in [0.29, 0.717) is 6.61 Å². The van der Waals surface area contributed by atoms with E-state index in [1.807, 2.05) is 0 Å². The molecule has 0 bridgehead atoms. The van der Waals surface area contributed by atoms with Crippen LogP contribution in [0.5, 0.6) is 0 Å². The SMILES string of the molecule is COCCNC(=O)C(C)Nc1ncc(Br)cc1C(F)(F)F. The van der Waals surface area contributed by atoms with Gasteiger partial charge >= 0.3 is 6.18 Å². The number of nitrogens with one attached hydrogen (secondary N) is 2. The molecule has 0 aliphatic carbocycles. The number of alkyl halides is 3. The van der Waals surface area contributed by atoms with Gasteiger partial charge in [-0.15, -0.1) is 0 Å². The van der Waals surface area contributed by atoms with Gasteiger partial charge in [0.15, 0.2) is 0 Å². The molecule has 1 unspecified atom stereocenters. The first kappa shape index (κ1) is 17.7. The van der Waals surface area contributed by atoms with Crippen LogP contribution in [0.2, 0.25) is 0 Å². The van der Waals surface area contributed by atoms with Crippen molar-refractivity contribution in [3.05, 3.63) is 22.3 Å². The third-order valence-electron chi connectivity index (χ3n) is 2.51. The van der Waals surface area contributed by atoms with Gasteiger partial charge in [0.25, 0.3) is 0 Å². The topological polar surface area (TPSA) is 63.2 Å². The van der Waals surface area contributed by atoms with Gasteiger partial charge in [0.05, 0.1) is 12.2 Å². The molecule has 0 aliphatic heterocycles. The highest BCUT2D eigenvalue weighted by Crippen LogP contribution is 2.35. The number of aromatic nitrogens is 1. The molecule has 1 aromatic rings. The molecule has 0 saturated heterocycles. The predicted octanol–water partition coefficient (Wildman–Crippen LogP) is 2.43. The van der Waals surface area contributed by atoms with Crippen LogP contribution in [-0.2, 0) is 15.7 Å². The number of ether oxygens (including phenoxy) is 1. The summed E-state index contributed by atoms with van der Waals surface area (Å²) in [5, 5.41) is 4.99. The van der Waals surface area contributed by atoms with E-state index < -0.39 is 23.7 Å². The number of methoxy groups -OCH3 is 1. The number of halogens is 4. The van der Waals surface area contributed by atoms with Gasteiger partial charge in [-0.25, -0.2) is 4.98 Å². The van der Waals surface area contributed by atoms with E-state index in [1.165, 1.54) is 20.2 Å². The lowest BCUT2D eigenvalue weighted by atomic mass is 10.2. The van der Waals surface area contributed by atoms with E-state index >= 15 is 0 Å². The lowest BCUT2D eigenvalue weighted by Gasteiger charge is -2.18. The van der Waals surface area contributed by atoms with Crippen LogP contribution in [0.1, 0.15) is 12.5 Å². The van der Waals surface area contributed by atoms with E-state index in [-0.39, 0.29) is 16.8 Å². The number of rotatable bonds is 6. The Morgan fingerprint density at radius 3 is 2.76 bits per heavy atom. The zero-order valence-corrected chi connectivity index (χ0v) is 13.0. The van der Waals surface area contributed by atoms with Crippen molar-refractivity contribution >= 4 is 27.7 Å². The standard InChI is InChI=1S/C12H15BrF3N3O2/c1-7(11(20)17-3-4-21-2)19-10-9(12(14,15)16)5-8(13)6-18-10/h5-7H,3-4H2,1-2H3,(H,17,20)(H,18,19). The molecule has 118 valence electrons. The summed E-state index contributed by atoms with van der Waals surface area (Å²) in [5.74, 6) is -0.829. The van der Waals surface area contributed by atoms with Gasteiger partial charge in [-0.1, -0.05) is 0 Å². The van der Waals surface area contributed by atoms with Crippen molar-refractivity contribution in [1.82, 2.24) is 10.3 Å². The van der Waals surface area contributed by atoms with Crippen molar-refractivity contribution in [2.45, 2.75) is 19.1 Å². The molecule has 0 fully saturated rings. The lowest BCUT2D eigenvalue weighted by Crippen LogP contribution is -2.39. The summed E-state index contributed by atoms with van der Waals surface area (Å²) in [5.41, 5.74) is -0.937. The highest BCUT2D eigenvalue weighted by atomic mass is 79.9. The second-order valence-corrected chi connectivity index (χ2v) is 5.11. The summed E-state index contributed by atoms with van der Waals surface area (Å²) in [6.07, 6.45) is -3.33. The summed E-state index contributed by atoms with van der Waals surface area (Å²) in [6.45, 7) is 2.05. The third kappa shape index (κ3) is 5.50. The van der Waals surface area contributed by atoms with Crippen LogP contribution in [0, 0.1) is 0 Å². The second-order valence-electron chi connectivity index (χ2n) is 4.20. The van der Waals surface area contributed by atoms with E-state index in [9.17, 15) is 18.0 Å². The average molecular weight is 370 g/mol.